The molecule has 2 amide bonds. The number of fused-ring (bicyclic) bond motifs is 1. The van der Waals surface area contributed by atoms with Crippen LogP contribution in [0.5, 0.6) is 0 Å². The lowest BCUT2D eigenvalue weighted by Gasteiger charge is -2.16. The summed E-state index contributed by atoms with van der Waals surface area (Å²) in [5, 5.41) is 3.01. The molecule has 4 rings (SSSR count). The number of pyridine rings is 1. The Bertz CT molecular complexity index is 1070. The first-order chi connectivity index (χ1) is 14.6. The van der Waals surface area contributed by atoms with Crippen LogP contribution in [-0.4, -0.2) is 23.3 Å². The average Bonchev–Trinajstić information content (AvgIpc) is 3.22. The maximum atomic E-state index is 12.6. The van der Waals surface area contributed by atoms with Gasteiger partial charge in [-0.05, 0) is 65.9 Å². The Labute approximate surface area is 178 Å². The fraction of sp³-hybridized carbons (Fsp3) is 0.240. The van der Waals surface area contributed by atoms with E-state index >= 15 is 0 Å². The van der Waals surface area contributed by atoms with Crippen LogP contribution in [0.2, 0.25) is 0 Å². The Kier molecular flexibility index (Phi) is 5.61. The van der Waals surface area contributed by atoms with Crippen molar-refractivity contribution in [3.8, 4) is 11.1 Å². The molecular weight excluding hydrogens is 374 g/mol. The molecule has 0 saturated heterocycles. The number of amides is 2. The highest BCUT2D eigenvalue weighted by molar-refractivity contribution is 5.96. The second-order valence-electron chi connectivity index (χ2n) is 7.55. The summed E-state index contributed by atoms with van der Waals surface area (Å²) in [6.07, 6.45) is 4.87. The number of benzene rings is 2. The molecule has 1 aliphatic heterocycles. The van der Waals surface area contributed by atoms with E-state index < -0.39 is 0 Å². The molecule has 2 heterocycles. The van der Waals surface area contributed by atoms with E-state index in [0.717, 1.165) is 35.3 Å². The van der Waals surface area contributed by atoms with Crippen LogP contribution in [-0.2, 0) is 11.2 Å². The zero-order valence-corrected chi connectivity index (χ0v) is 17.3. The molecule has 1 N–H and O–H groups in total. The molecular formula is C25H27N3O2. The van der Waals surface area contributed by atoms with Gasteiger partial charge in [0.1, 0.15) is 0 Å². The third kappa shape index (κ3) is 3.96. The van der Waals surface area contributed by atoms with Gasteiger partial charge >= 0.3 is 0 Å². The van der Waals surface area contributed by atoms with E-state index in [0.29, 0.717) is 12.0 Å². The molecule has 2 aromatic carbocycles. The summed E-state index contributed by atoms with van der Waals surface area (Å²) in [5.41, 5.74) is 5.95. The maximum absolute atomic E-state index is 12.6. The zero-order chi connectivity index (χ0) is 21.1. The van der Waals surface area contributed by atoms with Crippen molar-refractivity contribution >= 4 is 17.5 Å². The van der Waals surface area contributed by atoms with Crippen LogP contribution < -0.4 is 10.2 Å². The van der Waals surface area contributed by atoms with Crippen molar-refractivity contribution < 1.29 is 11.0 Å². The van der Waals surface area contributed by atoms with Crippen molar-refractivity contribution in [2.45, 2.75) is 32.7 Å². The quantitative estimate of drug-likeness (QED) is 0.669. The Morgan fingerprint density at radius 3 is 2.60 bits per heavy atom. The van der Waals surface area contributed by atoms with Gasteiger partial charge in [0.15, 0.2) is 0 Å². The normalized spacial score (nSPS) is 13.6. The predicted molar refractivity (Wildman–Crippen MR) is 120 cm³/mol. The van der Waals surface area contributed by atoms with Crippen LogP contribution >= 0.6 is 0 Å². The van der Waals surface area contributed by atoms with Crippen molar-refractivity contribution in [2.24, 2.45) is 0 Å². The second kappa shape index (κ2) is 8.49. The summed E-state index contributed by atoms with van der Waals surface area (Å²) in [7, 11) is 0. The highest BCUT2D eigenvalue weighted by atomic mass is 16.2. The smallest absolute Gasteiger partial charge is 0.251 e. The number of carbonyl (C=O) groups is 2. The van der Waals surface area contributed by atoms with Gasteiger partial charge in [0.2, 0.25) is 5.91 Å². The molecule has 30 heavy (non-hydrogen) atoms. The van der Waals surface area contributed by atoms with Gasteiger partial charge in [0.25, 0.3) is 5.91 Å². The van der Waals surface area contributed by atoms with Crippen molar-refractivity contribution in [2.75, 3.05) is 11.4 Å². The Hall–Kier alpha value is -3.47. The number of anilines is 1. The number of carbonyl (C=O) groups excluding carboxylic acids is 2. The van der Waals surface area contributed by atoms with E-state index in [4.69, 9.17) is 0 Å². The molecule has 1 unspecified atom stereocenters. The van der Waals surface area contributed by atoms with Crippen LogP contribution in [0.15, 0.2) is 67.0 Å². The lowest BCUT2D eigenvalue weighted by Crippen LogP contribution is -2.27. The van der Waals surface area contributed by atoms with Crippen LogP contribution in [0.3, 0.4) is 0 Å². The summed E-state index contributed by atoms with van der Waals surface area (Å²) in [6.45, 7) is 4.59. The molecule has 0 bridgehead atoms. The van der Waals surface area contributed by atoms with Crippen molar-refractivity contribution in [1.82, 2.24) is 10.3 Å². The summed E-state index contributed by atoms with van der Waals surface area (Å²) in [5.74, 6) is 0.0537. The first-order valence-electron chi connectivity index (χ1n) is 10.3. The van der Waals surface area contributed by atoms with Crippen LogP contribution in [0.1, 0.15) is 49.2 Å². The molecule has 5 heteroatoms. The van der Waals surface area contributed by atoms with Gasteiger partial charge in [-0.1, -0.05) is 31.2 Å². The molecule has 3 aromatic rings. The molecule has 5 nitrogen and oxygen atoms in total. The first-order valence-corrected chi connectivity index (χ1v) is 10.3. The Balaban J connectivity index is 0.00000272. The highest BCUT2D eigenvalue weighted by Crippen LogP contribution is 2.32. The first kappa shape index (κ1) is 19.8. The monoisotopic (exact) mass is 401 g/mol. The maximum Gasteiger partial charge on any atom is 0.251 e. The van der Waals surface area contributed by atoms with Gasteiger partial charge in [-0.15, -0.1) is 0 Å². The number of hydrogen-bond acceptors (Lipinski definition) is 3. The molecule has 0 fully saturated rings. The lowest BCUT2D eigenvalue weighted by molar-refractivity contribution is -0.118. The second-order valence-corrected chi connectivity index (χ2v) is 7.55. The molecule has 1 aliphatic rings. The fourth-order valence-electron chi connectivity index (χ4n) is 3.84. The molecule has 1 aromatic heterocycles. The Morgan fingerprint density at radius 2 is 1.90 bits per heavy atom. The minimum absolute atomic E-state index is 0. The summed E-state index contributed by atoms with van der Waals surface area (Å²) < 4.78 is 0. The van der Waals surface area contributed by atoms with Crippen LogP contribution in [0.25, 0.3) is 11.1 Å². The molecule has 1 atom stereocenters. The van der Waals surface area contributed by atoms with E-state index in [1.165, 1.54) is 5.56 Å². The molecule has 0 aliphatic carbocycles. The number of aromatic nitrogens is 1. The van der Waals surface area contributed by atoms with Crippen LogP contribution in [0.4, 0.5) is 5.69 Å². The summed E-state index contributed by atoms with van der Waals surface area (Å²) in [4.78, 5) is 30.6. The minimum Gasteiger partial charge on any atom is -0.345 e. The average molecular weight is 402 g/mol. The number of hydrogen-bond donors (Lipinski definition) is 1. The lowest BCUT2D eigenvalue weighted by atomic mass is 10.00. The van der Waals surface area contributed by atoms with E-state index in [9.17, 15) is 9.59 Å². The fourth-order valence-corrected chi connectivity index (χ4v) is 3.84. The van der Waals surface area contributed by atoms with Gasteiger partial charge in [-0.2, -0.15) is 0 Å². The van der Waals surface area contributed by atoms with Gasteiger partial charge in [-0.3, -0.25) is 14.6 Å². The number of nitrogens with one attached hydrogen (secondary N) is 1. The molecule has 0 radical (unpaired) electrons. The SMILES string of the molecule is CCC(=O)N1CCc2cc(-c3ccc(C(=O)NC(C)c4cccnc4)cc3)ccc21.[HH]. The summed E-state index contributed by atoms with van der Waals surface area (Å²) in [6, 6.07) is 17.5. The molecule has 0 saturated carbocycles. The van der Waals surface area contributed by atoms with E-state index in [2.05, 4.69) is 16.4 Å². The summed E-state index contributed by atoms with van der Waals surface area (Å²) >= 11 is 0. The largest absolute Gasteiger partial charge is 0.345 e. The minimum atomic E-state index is -0.114. The van der Waals surface area contributed by atoms with Gasteiger partial charge in [0, 0.05) is 38.0 Å². The van der Waals surface area contributed by atoms with E-state index in [1.54, 1.807) is 12.4 Å². The highest BCUT2D eigenvalue weighted by Gasteiger charge is 2.23. The van der Waals surface area contributed by atoms with Gasteiger partial charge < -0.3 is 10.2 Å². The van der Waals surface area contributed by atoms with Crippen LogP contribution in [0, 0.1) is 0 Å². The van der Waals surface area contributed by atoms with Crippen molar-refractivity contribution in [3.05, 3.63) is 83.7 Å². The number of nitrogens with zero attached hydrogens (tertiary/aromatic N) is 2. The number of rotatable bonds is 5. The molecule has 154 valence electrons. The van der Waals surface area contributed by atoms with Crippen molar-refractivity contribution in [1.29, 1.82) is 0 Å². The van der Waals surface area contributed by atoms with Crippen molar-refractivity contribution in [3.63, 3.8) is 0 Å². The van der Waals surface area contributed by atoms with E-state index in [-0.39, 0.29) is 19.3 Å². The Morgan fingerprint density at radius 1 is 1.13 bits per heavy atom. The zero-order valence-electron chi connectivity index (χ0n) is 17.3. The third-order valence-corrected chi connectivity index (χ3v) is 5.59. The molecule has 0 spiro atoms. The van der Waals surface area contributed by atoms with Gasteiger partial charge in [-0.25, -0.2) is 0 Å². The topological polar surface area (TPSA) is 62.3 Å². The standard InChI is InChI=1S/C25H25N3O2.H2/c1-3-24(29)28-14-12-21-15-20(10-11-23(21)28)18-6-8-19(9-7-18)25(30)27-17(2)22-5-4-13-26-16-22;/h4-11,13,15-17H,3,12,14H2,1-2H3,(H,27,30);1H. The third-order valence-electron chi connectivity index (χ3n) is 5.59. The predicted octanol–water partition coefficient (Wildman–Crippen LogP) is 4.78. The van der Waals surface area contributed by atoms with Gasteiger partial charge in [0.05, 0.1) is 6.04 Å². The van der Waals surface area contributed by atoms with E-state index in [1.807, 2.05) is 67.3 Å².